The van der Waals surface area contributed by atoms with Crippen molar-refractivity contribution in [3.63, 3.8) is 0 Å². The standard InChI is InChI=1S/C31H37INO2P/c1-31(2,3)35-30(34)33-22-24-14-13-15-25(23-33)29(24)36(32,26-16-7-4-8-17-26,27-18-9-5-10-19-27)28-20-11-6-12-21-28/h4-12,16-21,24-25,29H,13-15,22-23H2,1-3H3. The van der Waals surface area contributed by atoms with Crippen molar-refractivity contribution >= 4 is 48.3 Å². The first-order chi connectivity index (χ1) is 17.2. The van der Waals surface area contributed by atoms with Crippen LogP contribution in [-0.2, 0) is 4.74 Å². The van der Waals surface area contributed by atoms with E-state index in [2.05, 4.69) is 113 Å². The van der Waals surface area contributed by atoms with Crippen LogP contribution in [0.1, 0.15) is 40.0 Å². The molecule has 1 saturated heterocycles. The van der Waals surface area contributed by atoms with E-state index >= 15 is 0 Å². The van der Waals surface area contributed by atoms with Gasteiger partial charge in [0, 0.05) is 0 Å². The van der Waals surface area contributed by atoms with Gasteiger partial charge in [-0.15, -0.1) is 0 Å². The first kappa shape index (κ1) is 25.7. The Hall–Kier alpha value is -1.91. The molecule has 1 aliphatic heterocycles. The number of hydrogen-bond acceptors (Lipinski definition) is 2. The van der Waals surface area contributed by atoms with Crippen molar-refractivity contribution < 1.29 is 9.53 Å². The third kappa shape index (κ3) is 4.28. The molecule has 0 N–H and O–H groups in total. The van der Waals surface area contributed by atoms with Gasteiger partial charge in [-0.3, -0.25) is 0 Å². The average molecular weight is 614 g/mol. The van der Waals surface area contributed by atoms with Crippen molar-refractivity contribution in [2.24, 2.45) is 11.8 Å². The van der Waals surface area contributed by atoms with Gasteiger partial charge in [-0.2, -0.15) is 0 Å². The summed E-state index contributed by atoms with van der Waals surface area (Å²) in [5.74, 6) is 0.834. The average Bonchev–Trinajstić information content (AvgIpc) is 2.88. The predicted octanol–water partition coefficient (Wildman–Crippen LogP) is 6.90. The summed E-state index contributed by atoms with van der Waals surface area (Å²) in [6.45, 7) is 7.40. The number of rotatable bonds is 4. The van der Waals surface area contributed by atoms with Gasteiger partial charge < -0.3 is 0 Å². The summed E-state index contributed by atoms with van der Waals surface area (Å²) in [4.78, 5) is 15.2. The van der Waals surface area contributed by atoms with Crippen LogP contribution in [0.4, 0.5) is 4.79 Å². The van der Waals surface area contributed by atoms with Gasteiger partial charge >= 0.3 is 230 Å². The van der Waals surface area contributed by atoms with Crippen molar-refractivity contribution in [1.82, 2.24) is 4.90 Å². The molecule has 2 aliphatic rings. The molecule has 0 spiro atoms. The molecular weight excluding hydrogens is 576 g/mol. The second kappa shape index (κ2) is 9.76. The number of piperidine rings is 1. The molecule has 0 aromatic heterocycles. The quantitative estimate of drug-likeness (QED) is 0.237. The number of fused-ring (bicyclic) bond motifs is 2. The Kier molecular flexibility index (Phi) is 6.97. The molecule has 3 aromatic carbocycles. The number of benzene rings is 3. The molecule has 1 heterocycles. The molecular formula is C31H37INO2P. The van der Waals surface area contributed by atoms with Crippen LogP contribution in [0.3, 0.4) is 0 Å². The summed E-state index contributed by atoms with van der Waals surface area (Å²) in [7, 11) is 0. The zero-order valence-corrected chi connectivity index (χ0v) is 24.6. The maximum atomic E-state index is 13.2. The number of likely N-dealkylation sites (tertiary alicyclic amines) is 1. The fraction of sp³-hybridized carbons (Fsp3) is 0.387. The molecule has 190 valence electrons. The maximum absolute atomic E-state index is 13.2. The predicted molar refractivity (Wildman–Crippen MR) is 162 cm³/mol. The number of carbonyl (C=O) groups is 1. The Morgan fingerprint density at radius 2 is 1.17 bits per heavy atom. The van der Waals surface area contributed by atoms with Crippen LogP contribution in [0.2, 0.25) is 0 Å². The van der Waals surface area contributed by atoms with Crippen molar-refractivity contribution in [2.45, 2.75) is 51.3 Å². The molecule has 36 heavy (non-hydrogen) atoms. The van der Waals surface area contributed by atoms with Crippen LogP contribution in [0.25, 0.3) is 0 Å². The number of ether oxygens (including phenoxy) is 1. The Balaban J connectivity index is 1.72. The van der Waals surface area contributed by atoms with Crippen molar-refractivity contribution in [3.05, 3.63) is 91.0 Å². The normalized spacial score (nSPS) is 23.4. The Labute approximate surface area is 229 Å². The van der Waals surface area contributed by atoms with Gasteiger partial charge in [-0.25, -0.2) is 0 Å². The zero-order valence-electron chi connectivity index (χ0n) is 21.5. The molecule has 1 aliphatic carbocycles. The summed E-state index contributed by atoms with van der Waals surface area (Å²) in [6, 6.07) is 33.8. The molecule has 0 radical (unpaired) electrons. The van der Waals surface area contributed by atoms with Crippen LogP contribution in [0.5, 0.6) is 0 Å². The third-order valence-corrected chi connectivity index (χ3v) is 20.9. The minimum absolute atomic E-state index is 0.161. The number of amides is 1. The molecule has 2 fully saturated rings. The van der Waals surface area contributed by atoms with E-state index in [1.165, 1.54) is 22.3 Å². The van der Waals surface area contributed by atoms with Gasteiger partial charge in [-0.1, -0.05) is 0 Å². The van der Waals surface area contributed by atoms with E-state index in [0.717, 1.165) is 25.9 Å². The van der Waals surface area contributed by atoms with Crippen LogP contribution in [0.15, 0.2) is 91.0 Å². The second-order valence-corrected chi connectivity index (χ2v) is 21.7. The Bertz CT molecular complexity index is 1080. The van der Waals surface area contributed by atoms with Crippen LogP contribution in [-0.4, -0.2) is 35.3 Å². The molecule has 1 amide bonds. The van der Waals surface area contributed by atoms with Crippen molar-refractivity contribution in [3.8, 4) is 0 Å². The van der Waals surface area contributed by atoms with Crippen LogP contribution >= 0.6 is 26.3 Å². The summed E-state index contributed by atoms with van der Waals surface area (Å²) in [5.41, 5.74) is -0.0277. The molecule has 5 heteroatoms. The summed E-state index contributed by atoms with van der Waals surface area (Å²) >= 11 is 2.96. The SMILES string of the molecule is CC(C)(C)OC(=O)N1CC2CCCC(C1)C2P(I)(c1ccccc1)(c1ccccc1)c1ccccc1. The molecule has 2 atom stereocenters. The minimum atomic E-state index is -2.97. The molecule has 1 saturated carbocycles. The summed E-state index contributed by atoms with van der Waals surface area (Å²) in [6.07, 6.45) is 3.36. The van der Waals surface area contributed by atoms with Crippen LogP contribution in [0, 0.1) is 11.8 Å². The monoisotopic (exact) mass is 613 g/mol. The van der Waals surface area contributed by atoms with Gasteiger partial charge in [0.25, 0.3) is 0 Å². The third-order valence-electron chi connectivity index (χ3n) is 8.02. The first-order valence-electron chi connectivity index (χ1n) is 13.1. The fourth-order valence-electron chi connectivity index (χ4n) is 6.80. The van der Waals surface area contributed by atoms with E-state index in [4.69, 9.17) is 4.74 Å². The van der Waals surface area contributed by atoms with E-state index in [-0.39, 0.29) is 6.09 Å². The first-order valence-corrected chi connectivity index (χ1v) is 18.2. The Morgan fingerprint density at radius 1 is 0.778 bits per heavy atom. The van der Waals surface area contributed by atoms with Crippen molar-refractivity contribution in [2.75, 3.05) is 13.1 Å². The van der Waals surface area contributed by atoms with E-state index in [9.17, 15) is 4.79 Å². The second-order valence-electron chi connectivity index (χ2n) is 11.4. The van der Waals surface area contributed by atoms with Crippen molar-refractivity contribution in [1.29, 1.82) is 0 Å². The fourth-order valence-corrected chi connectivity index (χ4v) is 18.7. The Morgan fingerprint density at radius 3 is 1.53 bits per heavy atom. The topological polar surface area (TPSA) is 29.5 Å². The van der Waals surface area contributed by atoms with Gasteiger partial charge in [-0.05, 0) is 0 Å². The van der Waals surface area contributed by atoms with E-state index in [1.807, 2.05) is 25.7 Å². The zero-order chi connectivity index (χ0) is 25.4. The van der Waals surface area contributed by atoms with E-state index in [1.54, 1.807) is 0 Å². The van der Waals surface area contributed by atoms with Gasteiger partial charge in [0.2, 0.25) is 0 Å². The molecule has 5 rings (SSSR count). The van der Waals surface area contributed by atoms with Gasteiger partial charge in [0.1, 0.15) is 0 Å². The van der Waals surface area contributed by atoms with Gasteiger partial charge in [0.05, 0.1) is 0 Å². The van der Waals surface area contributed by atoms with Gasteiger partial charge in [0.15, 0.2) is 0 Å². The number of nitrogens with zero attached hydrogens (tertiary/aromatic N) is 1. The molecule has 2 unspecified atom stereocenters. The number of hydrogen-bond donors (Lipinski definition) is 0. The molecule has 2 bridgehead atoms. The number of halogens is 1. The summed E-state index contributed by atoms with van der Waals surface area (Å²) in [5, 5.41) is 4.32. The van der Waals surface area contributed by atoms with Crippen LogP contribution < -0.4 is 15.9 Å². The molecule has 3 aromatic rings. The van der Waals surface area contributed by atoms with E-state index in [0.29, 0.717) is 17.5 Å². The summed E-state index contributed by atoms with van der Waals surface area (Å²) < 4.78 is 2.87. The van der Waals surface area contributed by atoms with E-state index < -0.39 is 9.85 Å². The number of carbonyl (C=O) groups excluding carboxylic acids is 1. The molecule has 3 nitrogen and oxygen atoms in total.